The first-order chi connectivity index (χ1) is 9.16. The number of benzene rings is 1. The Kier molecular flexibility index (Phi) is 5.00. The van der Waals surface area contributed by atoms with Crippen molar-refractivity contribution in [2.45, 2.75) is 44.6 Å². The maximum atomic E-state index is 6.13. The van der Waals surface area contributed by atoms with Crippen LogP contribution in [0.2, 0.25) is 0 Å². The molecule has 0 saturated heterocycles. The molecule has 2 nitrogen and oxygen atoms in total. The van der Waals surface area contributed by atoms with Gasteiger partial charge < -0.3 is 5.73 Å². The molecule has 0 heterocycles. The third-order valence-electron chi connectivity index (χ3n) is 4.84. The van der Waals surface area contributed by atoms with Gasteiger partial charge in [0.1, 0.15) is 0 Å². The van der Waals surface area contributed by atoms with Crippen LogP contribution in [-0.4, -0.2) is 30.6 Å². The van der Waals surface area contributed by atoms with E-state index in [1.807, 2.05) is 0 Å². The van der Waals surface area contributed by atoms with Gasteiger partial charge in [-0.05, 0) is 37.8 Å². The molecule has 1 saturated carbocycles. The molecule has 2 heteroatoms. The van der Waals surface area contributed by atoms with Crippen LogP contribution < -0.4 is 5.73 Å². The predicted octanol–water partition coefficient (Wildman–Crippen LogP) is 3.07. The second-order valence-corrected chi connectivity index (χ2v) is 6.29. The molecule has 0 aromatic heterocycles. The third kappa shape index (κ3) is 3.58. The molecule has 0 spiro atoms. The Balaban J connectivity index is 1.95. The van der Waals surface area contributed by atoms with Crippen molar-refractivity contribution in [3.8, 4) is 0 Å². The van der Waals surface area contributed by atoms with Gasteiger partial charge >= 0.3 is 0 Å². The molecule has 2 rings (SSSR count). The number of rotatable bonds is 5. The number of nitrogens with zero attached hydrogens (tertiary/aromatic N) is 1. The summed E-state index contributed by atoms with van der Waals surface area (Å²) in [7, 11) is 2.26. The van der Waals surface area contributed by atoms with E-state index >= 15 is 0 Å². The maximum absolute atomic E-state index is 6.13. The van der Waals surface area contributed by atoms with Gasteiger partial charge in [-0.15, -0.1) is 0 Å². The first-order valence-electron chi connectivity index (χ1n) is 7.61. The van der Waals surface area contributed by atoms with Crippen molar-refractivity contribution in [2.75, 3.05) is 20.1 Å². The van der Waals surface area contributed by atoms with E-state index in [1.165, 1.54) is 31.2 Å². The molecule has 2 unspecified atom stereocenters. The molecule has 2 atom stereocenters. The average Bonchev–Trinajstić information content (AvgIpc) is 2.45. The molecule has 0 aliphatic heterocycles. The molecule has 0 amide bonds. The SMILES string of the molecule is CC1CCCC(CN)(N(C)CCc2ccccc2)C1. The zero-order valence-corrected chi connectivity index (χ0v) is 12.4. The lowest BCUT2D eigenvalue weighted by Crippen LogP contribution is -2.55. The van der Waals surface area contributed by atoms with Gasteiger partial charge in [-0.1, -0.05) is 50.1 Å². The summed E-state index contributed by atoms with van der Waals surface area (Å²) in [5, 5.41) is 0. The smallest absolute Gasteiger partial charge is 0.0331 e. The summed E-state index contributed by atoms with van der Waals surface area (Å²) in [5.74, 6) is 0.816. The highest BCUT2D eigenvalue weighted by Crippen LogP contribution is 2.35. The number of hydrogen-bond donors (Lipinski definition) is 1. The Hall–Kier alpha value is -0.860. The fraction of sp³-hybridized carbons (Fsp3) is 0.647. The van der Waals surface area contributed by atoms with Crippen molar-refractivity contribution >= 4 is 0 Å². The molecule has 1 aromatic rings. The van der Waals surface area contributed by atoms with Gasteiger partial charge in [-0.2, -0.15) is 0 Å². The molecule has 106 valence electrons. The van der Waals surface area contributed by atoms with Crippen molar-refractivity contribution in [3.63, 3.8) is 0 Å². The van der Waals surface area contributed by atoms with Gasteiger partial charge in [-0.25, -0.2) is 0 Å². The Morgan fingerprint density at radius 3 is 2.68 bits per heavy atom. The first-order valence-corrected chi connectivity index (χ1v) is 7.61. The topological polar surface area (TPSA) is 29.3 Å². The summed E-state index contributed by atoms with van der Waals surface area (Å²) < 4.78 is 0. The van der Waals surface area contributed by atoms with Crippen LogP contribution in [0.1, 0.15) is 38.2 Å². The van der Waals surface area contributed by atoms with E-state index in [0.717, 1.165) is 25.4 Å². The second kappa shape index (κ2) is 6.53. The quantitative estimate of drug-likeness (QED) is 0.881. The van der Waals surface area contributed by atoms with Crippen LogP contribution in [0.15, 0.2) is 30.3 Å². The van der Waals surface area contributed by atoms with Crippen LogP contribution in [0, 0.1) is 5.92 Å². The molecule has 19 heavy (non-hydrogen) atoms. The summed E-state index contributed by atoms with van der Waals surface area (Å²) in [6.45, 7) is 4.27. The summed E-state index contributed by atoms with van der Waals surface area (Å²) in [6, 6.07) is 10.8. The molecule has 1 fully saturated rings. The van der Waals surface area contributed by atoms with Crippen LogP contribution in [0.3, 0.4) is 0 Å². The van der Waals surface area contributed by atoms with Gasteiger partial charge in [0.05, 0.1) is 0 Å². The average molecular weight is 260 g/mol. The number of hydrogen-bond acceptors (Lipinski definition) is 2. The highest BCUT2D eigenvalue weighted by molar-refractivity contribution is 5.15. The minimum absolute atomic E-state index is 0.243. The van der Waals surface area contributed by atoms with Crippen LogP contribution >= 0.6 is 0 Å². The lowest BCUT2D eigenvalue weighted by molar-refractivity contribution is 0.0626. The number of nitrogens with two attached hydrogens (primary N) is 1. The van der Waals surface area contributed by atoms with E-state index in [0.29, 0.717) is 0 Å². The van der Waals surface area contributed by atoms with E-state index < -0.39 is 0 Å². The van der Waals surface area contributed by atoms with Gasteiger partial charge in [0.2, 0.25) is 0 Å². The molecule has 0 bridgehead atoms. The van der Waals surface area contributed by atoms with Gasteiger partial charge in [0.25, 0.3) is 0 Å². The first kappa shape index (κ1) is 14.5. The van der Waals surface area contributed by atoms with Crippen LogP contribution in [0.25, 0.3) is 0 Å². The lowest BCUT2D eigenvalue weighted by atomic mass is 9.75. The van der Waals surface area contributed by atoms with Crippen molar-refractivity contribution in [1.29, 1.82) is 0 Å². The molecule has 2 N–H and O–H groups in total. The third-order valence-corrected chi connectivity index (χ3v) is 4.84. The highest BCUT2D eigenvalue weighted by atomic mass is 15.2. The molecular formula is C17H28N2. The Morgan fingerprint density at radius 2 is 2.05 bits per heavy atom. The Bertz CT molecular complexity index is 376. The summed E-state index contributed by atoms with van der Waals surface area (Å²) in [5.41, 5.74) is 7.79. The maximum Gasteiger partial charge on any atom is 0.0331 e. The molecule has 1 aliphatic carbocycles. The van der Waals surface area contributed by atoms with E-state index in [-0.39, 0.29) is 5.54 Å². The van der Waals surface area contributed by atoms with Gasteiger partial charge in [-0.3, -0.25) is 4.90 Å². The summed E-state index contributed by atoms with van der Waals surface area (Å²) in [6.07, 6.45) is 6.34. The lowest BCUT2D eigenvalue weighted by Gasteiger charge is -2.46. The second-order valence-electron chi connectivity index (χ2n) is 6.29. The van der Waals surface area contributed by atoms with Crippen LogP contribution in [0.4, 0.5) is 0 Å². The van der Waals surface area contributed by atoms with Gasteiger partial charge in [0.15, 0.2) is 0 Å². The van der Waals surface area contributed by atoms with Crippen LogP contribution in [0.5, 0.6) is 0 Å². The van der Waals surface area contributed by atoms with Crippen molar-refractivity contribution < 1.29 is 0 Å². The summed E-state index contributed by atoms with van der Waals surface area (Å²) >= 11 is 0. The fourth-order valence-corrected chi connectivity index (χ4v) is 3.50. The standard InChI is InChI=1S/C17H28N2/c1-15-7-6-11-17(13-15,14-18)19(2)12-10-16-8-4-3-5-9-16/h3-5,8-9,15H,6-7,10-14,18H2,1-2H3. The van der Waals surface area contributed by atoms with E-state index in [2.05, 4.69) is 49.2 Å². The molecule has 1 aromatic carbocycles. The normalized spacial score (nSPS) is 27.7. The molecule has 1 aliphatic rings. The van der Waals surface area contributed by atoms with E-state index in [9.17, 15) is 0 Å². The predicted molar refractivity (Wildman–Crippen MR) is 82.2 cm³/mol. The zero-order valence-electron chi connectivity index (χ0n) is 12.4. The van der Waals surface area contributed by atoms with Crippen molar-refractivity contribution in [3.05, 3.63) is 35.9 Å². The van der Waals surface area contributed by atoms with E-state index in [1.54, 1.807) is 0 Å². The zero-order chi connectivity index (χ0) is 13.7. The fourth-order valence-electron chi connectivity index (χ4n) is 3.50. The molecule has 0 radical (unpaired) electrons. The van der Waals surface area contributed by atoms with Crippen molar-refractivity contribution in [2.24, 2.45) is 11.7 Å². The Morgan fingerprint density at radius 1 is 1.32 bits per heavy atom. The highest BCUT2D eigenvalue weighted by Gasteiger charge is 2.36. The summed E-state index contributed by atoms with van der Waals surface area (Å²) in [4.78, 5) is 2.52. The number of likely N-dealkylation sites (N-methyl/N-ethyl adjacent to an activating group) is 1. The van der Waals surface area contributed by atoms with Crippen molar-refractivity contribution in [1.82, 2.24) is 4.90 Å². The minimum atomic E-state index is 0.243. The molecular weight excluding hydrogens is 232 g/mol. The largest absolute Gasteiger partial charge is 0.329 e. The van der Waals surface area contributed by atoms with Crippen LogP contribution in [-0.2, 0) is 6.42 Å². The van der Waals surface area contributed by atoms with Gasteiger partial charge in [0, 0.05) is 18.6 Å². The monoisotopic (exact) mass is 260 g/mol. The van der Waals surface area contributed by atoms with E-state index in [4.69, 9.17) is 5.73 Å². The Labute approximate surface area is 118 Å². The minimum Gasteiger partial charge on any atom is -0.329 e.